The van der Waals surface area contributed by atoms with E-state index >= 15 is 0 Å². The third kappa shape index (κ3) is 3.90. The summed E-state index contributed by atoms with van der Waals surface area (Å²) in [4.78, 5) is 37.2. The van der Waals surface area contributed by atoms with Crippen LogP contribution in [0, 0.1) is 0 Å². The number of carboxylic acids is 1. The highest BCUT2D eigenvalue weighted by molar-refractivity contribution is 5.96. The van der Waals surface area contributed by atoms with Crippen LogP contribution in [0.4, 0.5) is 0 Å². The number of fused-ring (bicyclic) bond motifs is 1. The van der Waals surface area contributed by atoms with Crippen LogP contribution >= 0.6 is 0 Å². The summed E-state index contributed by atoms with van der Waals surface area (Å²) in [6.45, 7) is 3.11. The molecule has 2 aromatic rings. The number of rotatable bonds is 7. The topological polar surface area (TPSA) is 105 Å². The number of benzene rings is 1. The average Bonchev–Trinajstić information content (AvgIpc) is 3.27. The zero-order chi connectivity index (χ0) is 20.3. The predicted octanol–water partition coefficient (Wildman–Crippen LogP) is 1.41. The Morgan fingerprint density at radius 2 is 1.96 bits per heavy atom. The normalized spacial score (nSPS) is 13.6. The summed E-state index contributed by atoms with van der Waals surface area (Å²) in [5.74, 6) is -1.76. The Morgan fingerprint density at radius 3 is 2.61 bits per heavy atom. The highest BCUT2D eigenvalue weighted by Crippen LogP contribution is 2.28. The van der Waals surface area contributed by atoms with Gasteiger partial charge in [-0.3, -0.25) is 9.59 Å². The lowest BCUT2D eigenvalue weighted by Gasteiger charge is -2.26. The van der Waals surface area contributed by atoms with Crippen molar-refractivity contribution in [2.24, 2.45) is 0 Å². The molecular formula is C20H24N4O4. The monoisotopic (exact) mass is 384 g/mol. The smallest absolute Gasteiger partial charge is 0.326 e. The number of nitrogens with one attached hydrogen (secondary N) is 1. The van der Waals surface area contributed by atoms with Gasteiger partial charge >= 0.3 is 5.97 Å². The van der Waals surface area contributed by atoms with Gasteiger partial charge in [0.05, 0.1) is 5.69 Å². The molecule has 0 radical (unpaired) electrons. The molecule has 0 fully saturated rings. The molecule has 0 spiro atoms. The Balaban J connectivity index is 1.94. The zero-order valence-electron chi connectivity index (χ0n) is 16.0. The maximum absolute atomic E-state index is 13.2. The molecule has 28 heavy (non-hydrogen) atoms. The number of carbonyl (C=O) groups excluding carboxylic acids is 2. The van der Waals surface area contributed by atoms with Crippen LogP contribution in [0.3, 0.4) is 0 Å². The van der Waals surface area contributed by atoms with Gasteiger partial charge in [0, 0.05) is 31.3 Å². The van der Waals surface area contributed by atoms with Gasteiger partial charge in [-0.1, -0.05) is 18.2 Å². The van der Waals surface area contributed by atoms with E-state index in [0.29, 0.717) is 5.69 Å². The summed E-state index contributed by atoms with van der Waals surface area (Å²) in [7, 11) is 0. The molecule has 2 amide bonds. The van der Waals surface area contributed by atoms with E-state index in [9.17, 15) is 19.5 Å². The van der Waals surface area contributed by atoms with Crippen molar-refractivity contribution in [2.45, 2.75) is 39.2 Å². The molecule has 1 unspecified atom stereocenters. The SMILES string of the molecule is CC(=O)NCCN(C(=O)c1nn(-c2ccccc2)c2c1CCC2)C(C)C(=O)O. The minimum absolute atomic E-state index is 0.0961. The number of hydrogen-bond acceptors (Lipinski definition) is 4. The molecule has 8 heteroatoms. The first-order valence-electron chi connectivity index (χ1n) is 9.34. The van der Waals surface area contributed by atoms with Crippen LogP contribution in [0.5, 0.6) is 0 Å². The number of para-hydroxylation sites is 1. The quantitative estimate of drug-likeness (QED) is 0.751. The van der Waals surface area contributed by atoms with Crippen LogP contribution in [0.15, 0.2) is 30.3 Å². The molecular weight excluding hydrogens is 360 g/mol. The molecule has 0 aliphatic heterocycles. The van der Waals surface area contributed by atoms with Crippen LogP contribution in [0.1, 0.15) is 42.0 Å². The van der Waals surface area contributed by atoms with Crippen LogP contribution in [0.2, 0.25) is 0 Å². The molecule has 3 rings (SSSR count). The Hall–Kier alpha value is -3.16. The minimum atomic E-state index is -1.10. The van der Waals surface area contributed by atoms with Crippen LogP contribution in [-0.2, 0) is 22.4 Å². The van der Waals surface area contributed by atoms with Gasteiger partial charge in [-0.25, -0.2) is 9.48 Å². The lowest BCUT2D eigenvalue weighted by atomic mass is 10.1. The standard InChI is InChI=1S/C20H24N4O4/c1-13(20(27)28)23(12-11-21-14(2)25)19(26)18-16-9-6-10-17(16)24(22-18)15-7-4-3-5-8-15/h3-5,7-8,13H,6,9-12H2,1-2H3,(H,21,25)(H,27,28). The first-order chi connectivity index (χ1) is 13.4. The van der Waals surface area contributed by atoms with E-state index in [4.69, 9.17) is 0 Å². The van der Waals surface area contributed by atoms with Gasteiger partial charge in [0.15, 0.2) is 5.69 Å². The second kappa shape index (κ2) is 8.24. The van der Waals surface area contributed by atoms with Crippen molar-refractivity contribution >= 4 is 17.8 Å². The Labute approximate surface area is 163 Å². The summed E-state index contributed by atoms with van der Waals surface area (Å²) in [5.41, 5.74) is 3.05. The minimum Gasteiger partial charge on any atom is -0.480 e. The Kier molecular flexibility index (Phi) is 5.77. The van der Waals surface area contributed by atoms with Gasteiger partial charge in [0.1, 0.15) is 6.04 Å². The fraction of sp³-hybridized carbons (Fsp3) is 0.400. The van der Waals surface area contributed by atoms with E-state index in [0.717, 1.165) is 36.2 Å². The van der Waals surface area contributed by atoms with Crippen LogP contribution in [-0.4, -0.2) is 56.7 Å². The Bertz CT molecular complexity index is 891. The molecule has 1 aliphatic rings. The van der Waals surface area contributed by atoms with Gasteiger partial charge in [-0.05, 0) is 38.3 Å². The lowest BCUT2D eigenvalue weighted by Crippen LogP contribution is -2.47. The van der Waals surface area contributed by atoms with Gasteiger partial charge < -0.3 is 15.3 Å². The average molecular weight is 384 g/mol. The number of hydrogen-bond donors (Lipinski definition) is 2. The van der Waals surface area contributed by atoms with Crippen molar-refractivity contribution in [1.82, 2.24) is 20.0 Å². The fourth-order valence-corrected chi connectivity index (χ4v) is 3.48. The summed E-state index contributed by atoms with van der Waals surface area (Å²) in [6, 6.07) is 8.55. The molecule has 0 saturated heterocycles. The second-order valence-corrected chi connectivity index (χ2v) is 6.87. The summed E-state index contributed by atoms with van der Waals surface area (Å²) < 4.78 is 1.78. The molecule has 2 N–H and O–H groups in total. The van der Waals surface area contributed by atoms with E-state index in [1.54, 1.807) is 4.68 Å². The van der Waals surface area contributed by atoms with Crippen molar-refractivity contribution < 1.29 is 19.5 Å². The van der Waals surface area contributed by atoms with Crippen molar-refractivity contribution in [3.05, 3.63) is 47.3 Å². The molecule has 1 aromatic carbocycles. The van der Waals surface area contributed by atoms with E-state index in [1.807, 2.05) is 30.3 Å². The van der Waals surface area contributed by atoms with Crippen molar-refractivity contribution in [3.63, 3.8) is 0 Å². The zero-order valence-corrected chi connectivity index (χ0v) is 16.0. The molecule has 0 saturated carbocycles. The van der Waals surface area contributed by atoms with Crippen molar-refractivity contribution in [1.29, 1.82) is 0 Å². The van der Waals surface area contributed by atoms with Crippen molar-refractivity contribution in [3.8, 4) is 5.69 Å². The van der Waals surface area contributed by atoms with Gasteiger partial charge in [-0.15, -0.1) is 0 Å². The maximum Gasteiger partial charge on any atom is 0.326 e. The van der Waals surface area contributed by atoms with E-state index in [2.05, 4.69) is 10.4 Å². The number of carbonyl (C=O) groups is 3. The summed E-state index contributed by atoms with van der Waals surface area (Å²) >= 11 is 0. The van der Waals surface area contributed by atoms with Crippen LogP contribution < -0.4 is 5.32 Å². The third-order valence-corrected chi connectivity index (χ3v) is 4.95. The summed E-state index contributed by atoms with van der Waals surface area (Å²) in [6.07, 6.45) is 2.50. The number of carboxylic acid groups (broad SMARTS) is 1. The largest absolute Gasteiger partial charge is 0.480 e. The maximum atomic E-state index is 13.2. The first-order valence-corrected chi connectivity index (χ1v) is 9.34. The van der Waals surface area contributed by atoms with Crippen LogP contribution in [0.25, 0.3) is 5.69 Å². The Morgan fingerprint density at radius 1 is 1.25 bits per heavy atom. The van der Waals surface area contributed by atoms with E-state index in [-0.39, 0.29) is 19.0 Å². The highest BCUT2D eigenvalue weighted by atomic mass is 16.4. The molecule has 148 valence electrons. The second-order valence-electron chi connectivity index (χ2n) is 6.87. The van der Waals surface area contributed by atoms with Crippen molar-refractivity contribution in [2.75, 3.05) is 13.1 Å². The van der Waals surface area contributed by atoms with E-state index < -0.39 is 17.9 Å². The van der Waals surface area contributed by atoms with Gasteiger partial charge in [0.2, 0.25) is 5.91 Å². The molecule has 1 aromatic heterocycles. The molecule has 0 bridgehead atoms. The lowest BCUT2D eigenvalue weighted by molar-refractivity contribution is -0.141. The molecule has 1 atom stereocenters. The predicted molar refractivity (Wildman–Crippen MR) is 102 cm³/mol. The van der Waals surface area contributed by atoms with Gasteiger partial charge in [0.25, 0.3) is 5.91 Å². The number of nitrogens with zero attached hydrogens (tertiary/aromatic N) is 3. The fourth-order valence-electron chi connectivity index (χ4n) is 3.48. The highest BCUT2D eigenvalue weighted by Gasteiger charge is 2.33. The molecule has 8 nitrogen and oxygen atoms in total. The van der Waals surface area contributed by atoms with E-state index in [1.165, 1.54) is 18.7 Å². The number of amides is 2. The third-order valence-electron chi connectivity index (χ3n) is 4.95. The number of aliphatic carboxylic acids is 1. The summed E-state index contributed by atoms with van der Waals surface area (Å²) in [5, 5.41) is 16.6. The van der Waals surface area contributed by atoms with Gasteiger partial charge in [-0.2, -0.15) is 5.10 Å². The first kappa shape index (κ1) is 19.6. The molecule has 1 aliphatic carbocycles. The number of aromatic nitrogens is 2. The molecule has 1 heterocycles.